The number of benzene rings is 6. The van der Waals surface area contributed by atoms with E-state index in [2.05, 4.69) is 59.0 Å². The minimum absolute atomic E-state index is 0.0469. The van der Waals surface area contributed by atoms with Crippen molar-refractivity contribution in [1.82, 2.24) is 0 Å². The van der Waals surface area contributed by atoms with Gasteiger partial charge in [-0.25, -0.2) is 8.78 Å². The Balaban J connectivity index is 0.000000186. The van der Waals surface area contributed by atoms with Gasteiger partial charge < -0.3 is 23.7 Å². The topological polar surface area (TPSA) is 80.3 Å². The Hall–Kier alpha value is -5.75. The summed E-state index contributed by atoms with van der Waals surface area (Å²) in [6.45, 7) is 3.96. The Morgan fingerprint density at radius 3 is 1.62 bits per heavy atom. The number of methoxy groups -OCH3 is 3. The SMILES string of the molecule is CI.COC(=O)C(C)C(c1ccc2c(c1)OC(c1ccc(-c3cc(C)ccc3F)cc1)CC2)C1CCC1.COC(=O)CC(c1ccc2c(c1)OC(c1ccc(-c3cc(OC)ccc3F)cc1)CC2)C1CCC1. The highest BCUT2D eigenvalue weighted by Gasteiger charge is 2.37. The molecule has 0 spiro atoms. The van der Waals surface area contributed by atoms with E-state index >= 15 is 0 Å². The molecular formula is C62H67F2IO7. The lowest BCUT2D eigenvalue weighted by Gasteiger charge is -2.37. The van der Waals surface area contributed by atoms with Gasteiger partial charge in [0, 0.05) is 11.1 Å². The molecule has 10 rings (SSSR count). The minimum atomic E-state index is -0.276. The summed E-state index contributed by atoms with van der Waals surface area (Å²) in [6, 6.07) is 38.9. The van der Waals surface area contributed by atoms with E-state index in [0.29, 0.717) is 35.1 Å². The number of carbonyl (C=O) groups excluding carboxylic acids is 2. The van der Waals surface area contributed by atoms with Crippen molar-refractivity contribution in [2.45, 2.75) is 109 Å². The maximum Gasteiger partial charge on any atom is 0.309 e. The van der Waals surface area contributed by atoms with Gasteiger partial charge in [-0.1, -0.05) is 127 Å². The van der Waals surface area contributed by atoms with Crippen LogP contribution in [0.1, 0.15) is 128 Å². The first kappa shape index (κ1) is 52.6. The van der Waals surface area contributed by atoms with Crippen LogP contribution in [0.2, 0.25) is 0 Å². The second-order valence-electron chi connectivity index (χ2n) is 19.7. The van der Waals surface area contributed by atoms with E-state index in [1.165, 1.54) is 50.3 Å². The Kier molecular flexibility index (Phi) is 17.8. The molecule has 72 heavy (non-hydrogen) atoms. The smallest absolute Gasteiger partial charge is 0.309 e. The monoisotopic (exact) mass is 1090 g/mol. The third-order valence-electron chi connectivity index (χ3n) is 15.5. The summed E-state index contributed by atoms with van der Waals surface area (Å²) in [6.07, 6.45) is 11.0. The highest BCUT2D eigenvalue weighted by Crippen LogP contribution is 2.47. The number of carbonyl (C=O) groups is 2. The average molecular weight is 1090 g/mol. The lowest BCUT2D eigenvalue weighted by molar-refractivity contribution is -0.146. The molecule has 0 amide bonds. The number of fused-ring (bicyclic) bond motifs is 2. The van der Waals surface area contributed by atoms with Crippen LogP contribution in [0, 0.1) is 36.3 Å². The molecule has 378 valence electrons. The lowest BCUT2D eigenvalue weighted by Crippen LogP contribution is -2.30. The van der Waals surface area contributed by atoms with E-state index in [-0.39, 0.29) is 53.5 Å². The summed E-state index contributed by atoms with van der Waals surface area (Å²) in [5.41, 5.74) is 10.7. The first-order chi connectivity index (χ1) is 35.0. The van der Waals surface area contributed by atoms with Crippen molar-refractivity contribution in [3.05, 3.63) is 172 Å². The largest absolute Gasteiger partial charge is 0.497 e. The number of hydrogen-bond acceptors (Lipinski definition) is 7. The fraction of sp³-hybridized carbons (Fsp3) is 0.387. The van der Waals surface area contributed by atoms with Gasteiger partial charge in [-0.05, 0) is 174 Å². The van der Waals surface area contributed by atoms with Crippen LogP contribution in [0.15, 0.2) is 121 Å². The van der Waals surface area contributed by atoms with Gasteiger partial charge in [-0.2, -0.15) is 0 Å². The lowest BCUT2D eigenvalue weighted by atomic mass is 9.68. The quantitative estimate of drug-likeness (QED) is 0.0647. The van der Waals surface area contributed by atoms with Crippen LogP contribution >= 0.6 is 22.6 Å². The fourth-order valence-corrected chi connectivity index (χ4v) is 10.9. The maximum atomic E-state index is 14.4. The van der Waals surface area contributed by atoms with Gasteiger partial charge in [-0.3, -0.25) is 9.59 Å². The van der Waals surface area contributed by atoms with Crippen LogP contribution in [0.3, 0.4) is 0 Å². The van der Waals surface area contributed by atoms with Crippen molar-refractivity contribution < 1.29 is 42.1 Å². The standard InChI is InChI=1S/C31H33FO3.C30H31FO4.CH3I/c1-19-7-15-27(32)26(17-19)21-8-10-22(11-9-21)28-16-14-23-12-13-25(18-29(23)35-28)30(24-5-4-6-24)20(2)31(33)34-3;1-33-24-13-14-27(31)26(17-24)20-6-8-21(9-7-20)28-15-12-22-10-11-23(16-29(22)35-28)25(18-30(32)34-2)19-4-3-5-19;1-2/h7-13,15,17-18,20,24,28,30H,4-6,14,16H2,1-3H3;6-11,13-14,16-17,19,25,28H,3-5,12,15,18H2,1-2H3;1H3. The number of ether oxygens (including phenoxy) is 5. The van der Waals surface area contributed by atoms with Gasteiger partial charge in [0.1, 0.15) is 41.1 Å². The predicted octanol–water partition coefficient (Wildman–Crippen LogP) is 15.6. The molecule has 7 nitrogen and oxygen atoms in total. The molecule has 6 aromatic rings. The molecule has 4 aliphatic rings. The molecule has 2 fully saturated rings. The summed E-state index contributed by atoms with van der Waals surface area (Å²) >= 11 is 2.15. The third kappa shape index (κ3) is 12.0. The molecule has 0 bridgehead atoms. The van der Waals surface area contributed by atoms with Crippen LogP contribution in [-0.2, 0) is 31.9 Å². The van der Waals surface area contributed by atoms with E-state index in [9.17, 15) is 18.4 Å². The number of halogens is 3. The molecule has 6 aromatic carbocycles. The van der Waals surface area contributed by atoms with Crippen LogP contribution < -0.4 is 14.2 Å². The van der Waals surface area contributed by atoms with E-state index in [1.54, 1.807) is 25.3 Å². The van der Waals surface area contributed by atoms with Crippen molar-refractivity contribution >= 4 is 34.5 Å². The Morgan fingerprint density at radius 2 is 1.12 bits per heavy atom. The second kappa shape index (κ2) is 24.3. The minimum Gasteiger partial charge on any atom is -0.497 e. The first-order valence-corrected chi connectivity index (χ1v) is 27.6. The Morgan fingerprint density at radius 1 is 0.611 bits per heavy atom. The molecular weight excluding hydrogens is 1020 g/mol. The highest BCUT2D eigenvalue weighted by atomic mass is 127. The summed E-state index contributed by atoms with van der Waals surface area (Å²) in [5, 5.41) is 0. The van der Waals surface area contributed by atoms with Gasteiger partial charge in [0.15, 0.2) is 0 Å². The Labute approximate surface area is 438 Å². The number of esters is 2. The van der Waals surface area contributed by atoms with Crippen LogP contribution in [0.4, 0.5) is 8.78 Å². The molecule has 5 unspecified atom stereocenters. The van der Waals surface area contributed by atoms with Crippen LogP contribution in [0.25, 0.3) is 22.3 Å². The van der Waals surface area contributed by atoms with E-state index < -0.39 is 0 Å². The molecule has 10 heteroatoms. The summed E-state index contributed by atoms with van der Waals surface area (Å²) in [5.74, 6) is 2.81. The summed E-state index contributed by atoms with van der Waals surface area (Å²) in [4.78, 5) is 26.4. The zero-order valence-electron chi connectivity index (χ0n) is 42.4. The molecule has 0 saturated heterocycles. The molecule has 0 radical (unpaired) electrons. The Bertz CT molecular complexity index is 2800. The first-order valence-electron chi connectivity index (χ1n) is 25.4. The van der Waals surface area contributed by atoms with Crippen LogP contribution in [0.5, 0.6) is 17.2 Å². The number of aryl methyl sites for hydroxylation is 3. The fourth-order valence-electron chi connectivity index (χ4n) is 10.9. The molecule has 2 aliphatic carbocycles. The van der Waals surface area contributed by atoms with Gasteiger partial charge >= 0.3 is 11.9 Å². The maximum absolute atomic E-state index is 14.4. The number of hydrogen-bond donors (Lipinski definition) is 0. The summed E-state index contributed by atoms with van der Waals surface area (Å²) < 4.78 is 57.0. The number of rotatable bonds is 13. The zero-order valence-corrected chi connectivity index (χ0v) is 44.5. The zero-order chi connectivity index (χ0) is 50.9. The van der Waals surface area contributed by atoms with Crippen molar-refractivity contribution in [3.63, 3.8) is 0 Å². The highest BCUT2D eigenvalue weighted by molar-refractivity contribution is 14.1. The third-order valence-corrected chi connectivity index (χ3v) is 15.5. The van der Waals surface area contributed by atoms with Gasteiger partial charge in [0.2, 0.25) is 0 Å². The number of alkyl halides is 1. The molecule has 2 aliphatic heterocycles. The van der Waals surface area contributed by atoms with Crippen molar-refractivity contribution in [1.29, 1.82) is 0 Å². The van der Waals surface area contributed by atoms with Gasteiger partial charge in [0.05, 0.1) is 33.7 Å². The molecule has 0 N–H and O–H groups in total. The van der Waals surface area contributed by atoms with Gasteiger partial charge in [0.25, 0.3) is 0 Å². The second-order valence-corrected chi connectivity index (χ2v) is 19.7. The molecule has 2 heterocycles. The van der Waals surface area contributed by atoms with Gasteiger partial charge in [-0.15, -0.1) is 0 Å². The molecule has 0 aromatic heterocycles. The predicted molar refractivity (Wildman–Crippen MR) is 289 cm³/mol. The van der Waals surface area contributed by atoms with E-state index in [1.807, 2.05) is 73.4 Å². The van der Waals surface area contributed by atoms with E-state index in [4.69, 9.17) is 23.7 Å². The summed E-state index contributed by atoms with van der Waals surface area (Å²) in [7, 11) is 4.50. The molecule has 2 saturated carbocycles. The normalized spacial score (nSPS) is 18.2. The van der Waals surface area contributed by atoms with Crippen molar-refractivity contribution in [2.24, 2.45) is 17.8 Å². The average Bonchev–Trinajstić information content (AvgIpc) is 3.39. The van der Waals surface area contributed by atoms with Crippen LogP contribution in [-0.4, -0.2) is 38.2 Å². The van der Waals surface area contributed by atoms with E-state index in [0.717, 1.165) is 102 Å². The van der Waals surface area contributed by atoms with Crippen molar-refractivity contribution in [3.8, 4) is 39.5 Å². The van der Waals surface area contributed by atoms with Crippen molar-refractivity contribution in [2.75, 3.05) is 26.3 Å². The molecule has 5 atom stereocenters.